The van der Waals surface area contributed by atoms with Gasteiger partial charge in [0.25, 0.3) is 0 Å². The Morgan fingerprint density at radius 1 is 1.59 bits per heavy atom. The normalized spacial score (nSPS) is 10.2. The maximum atomic E-state index is 11.4. The minimum absolute atomic E-state index is 0.00827. The van der Waals surface area contributed by atoms with Crippen LogP contribution in [0.4, 0.5) is 0 Å². The number of nitrogens with zero attached hydrogens (tertiary/aromatic N) is 1. The second-order valence-electron chi connectivity index (χ2n) is 4.13. The Balaban J connectivity index is 2.31. The second kappa shape index (κ2) is 6.39. The third kappa shape index (κ3) is 4.56. The first-order valence-corrected chi connectivity index (χ1v) is 6.44. The Hall–Kier alpha value is -1.36. The minimum atomic E-state index is 0.00827. The van der Waals surface area contributed by atoms with Crippen LogP contribution >= 0.6 is 11.3 Å². The van der Waals surface area contributed by atoms with Gasteiger partial charge in [-0.05, 0) is 20.3 Å². The van der Waals surface area contributed by atoms with Gasteiger partial charge in [0.1, 0.15) is 0 Å². The molecule has 0 saturated carbocycles. The quantitative estimate of drug-likeness (QED) is 0.785. The number of hydrogen-bond acceptors (Lipinski definition) is 3. The highest BCUT2D eigenvalue weighted by molar-refractivity contribution is 7.07. The van der Waals surface area contributed by atoms with Crippen molar-refractivity contribution in [3.05, 3.63) is 32.9 Å². The van der Waals surface area contributed by atoms with E-state index < -0.39 is 0 Å². The average Bonchev–Trinajstić information content (AvgIpc) is 2.57. The van der Waals surface area contributed by atoms with Crippen LogP contribution in [0, 0.1) is 6.92 Å². The molecule has 0 aliphatic carbocycles. The Kier molecular flexibility index (Phi) is 5.15. The van der Waals surface area contributed by atoms with Gasteiger partial charge in [-0.2, -0.15) is 0 Å². The SMILES string of the molecule is C=C(C)CNC(=O)CCCn1c(C)csc1=O. The van der Waals surface area contributed by atoms with Gasteiger partial charge in [-0.15, -0.1) is 0 Å². The van der Waals surface area contributed by atoms with Gasteiger partial charge in [-0.3, -0.25) is 9.59 Å². The molecule has 0 aliphatic heterocycles. The third-order valence-corrected chi connectivity index (χ3v) is 3.23. The fraction of sp³-hybridized carbons (Fsp3) is 0.500. The summed E-state index contributed by atoms with van der Waals surface area (Å²) >= 11 is 1.20. The van der Waals surface area contributed by atoms with E-state index in [4.69, 9.17) is 0 Å². The number of aryl methyl sites for hydroxylation is 1. The number of nitrogens with one attached hydrogen (secondary N) is 1. The lowest BCUT2D eigenvalue weighted by Gasteiger charge is -2.06. The summed E-state index contributed by atoms with van der Waals surface area (Å²) in [5, 5.41) is 4.60. The van der Waals surface area contributed by atoms with Crippen molar-refractivity contribution in [2.24, 2.45) is 0 Å². The largest absolute Gasteiger partial charge is 0.352 e. The lowest BCUT2D eigenvalue weighted by molar-refractivity contribution is -0.121. The lowest BCUT2D eigenvalue weighted by Crippen LogP contribution is -2.25. The van der Waals surface area contributed by atoms with Crippen molar-refractivity contribution < 1.29 is 4.79 Å². The van der Waals surface area contributed by atoms with Gasteiger partial charge in [0.2, 0.25) is 5.91 Å². The number of thiazole rings is 1. The van der Waals surface area contributed by atoms with Gasteiger partial charge in [-0.1, -0.05) is 23.5 Å². The number of amides is 1. The van der Waals surface area contributed by atoms with Crippen LogP contribution in [0.5, 0.6) is 0 Å². The van der Waals surface area contributed by atoms with Gasteiger partial charge >= 0.3 is 4.87 Å². The van der Waals surface area contributed by atoms with Crippen molar-refractivity contribution in [1.82, 2.24) is 9.88 Å². The molecule has 1 aromatic heterocycles. The molecule has 0 saturated heterocycles. The van der Waals surface area contributed by atoms with E-state index in [-0.39, 0.29) is 10.8 Å². The molecule has 0 unspecified atom stereocenters. The Morgan fingerprint density at radius 3 is 2.82 bits per heavy atom. The summed E-state index contributed by atoms with van der Waals surface area (Å²) in [7, 11) is 0. The topological polar surface area (TPSA) is 51.1 Å². The Bertz CT molecular complexity index is 459. The fourth-order valence-corrected chi connectivity index (χ4v) is 2.17. The van der Waals surface area contributed by atoms with Crippen molar-refractivity contribution in [1.29, 1.82) is 0 Å². The second-order valence-corrected chi connectivity index (χ2v) is 4.95. The molecule has 0 fully saturated rings. The molecule has 4 nitrogen and oxygen atoms in total. The predicted octanol–water partition coefficient (Wildman–Crippen LogP) is 1.69. The van der Waals surface area contributed by atoms with Crippen LogP contribution in [0.2, 0.25) is 0 Å². The third-order valence-electron chi connectivity index (χ3n) is 2.35. The maximum absolute atomic E-state index is 11.4. The van der Waals surface area contributed by atoms with E-state index in [2.05, 4.69) is 11.9 Å². The number of rotatable bonds is 6. The van der Waals surface area contributed by atoms with Crippen molar-refractivity contribution in [3.8, 4) is 0 Å². The van der Waals surface area contributed by atoms with Gasteiger partial charge in [0, 0.05) is 30.6 Å². The van der Waals surface area contributed by atoms with Gasteiger partial charge in [0.15, 0.2) is 0 Å². The summed E-state index contributed by atoms with van der Waals surface area (Å²) in [5.41, 5.74) is 1.89. The monoisotopic (exact) mass is 254 g/mol. The maximum Gasteiger partial charge on any atom is 0.307 e. The van der Waals surface area contributed by atoms with E-state index >= 15 is 0 Å². The molecule has 94 valence electrons. The minimum Gasteiger partial charge on any atom is -0.352 e. The first-order valence-electron chi connectivity index (χ1n) is 5.56. The Morgan fingerprint density at radius 2 is 2.29 bits per heavy atom. The molecule has 5 heteroatoms. The standard InChI is InChI=1S/C12H18N2O2S/c1-9(2)7-13-11(15)5-4-6-14-10(3)8-17-12(14)16/h8H,1,4-7H2,2-3H3,(H,13,15). The number of hydrogen-bond donors (Lipinski definition) is 1. The van der Waals surface area contributed by atoms with E-state index in [0.717, 1.165) is 11.3 Å². The van der Waals surface area contributed by atoms with Crippen LogP contribution in [0.25, 0.3) is 0 Å². The van der Waals surface area contributed by atoms with Crippen molar-refractivity contribution in [2.75, 3.05) is 6.54 Å². The van der Waals surface area contributed by atoms with Crippen LogP contribution < -0.4 is 10.2 Å². The van der Waals surface area contributed by atoms with E-state index in [0.29, 0.717) is 25.9 Å². The first-order chi connectivity index (χ1) is 8.00. The molecule has 17 heavy (non-hydrogen) atoms. The number of carbonyl (C=O) groups is 1. The zero-order valence-corrected chi connectivity index (χ0v) is 11.1. The molecular weight excluding hydrogens is 236 g/mol. The van der Waals surface area contributed by atoms with Crippen LogP contribution in [0.3, 0.4) is 0 Å². The summed E-state index contributed by atoms with van der Waals surface area (Å²) < 4.78 is 1.71. The highest BCUT2D eigenvalue weighted by atomic mass is 32.1. The van der Waals surface area contributed by atoms with Gasteiger partial charge in [0.05, 0.1) is 0 Å². The van der Waals surface area contributed by atoms with E-state index in [1.165, 1.54) is 11.3 Å². The van der Waals surface area contributed by atoms with E-state index in [9.17, 15) is 9.59 Å². The molecular formula is C12H18N2O2S. The highest BCUT2D eigenvalue weighted by Crippen LogP contribution is 2.02. The summed E-state index contributed by atoms with van der Waals surface area (Å²) in [4.78, 5) is 22.9. The average molecular weight is 254 g/mol. The summed E-state index contributed by atoms with van der Waals surface area (Å²) in [6, 6.07) is 0. The van der Waals surface area contributed by atoms with Crippen molar-refractivity contribution in [3.63, 3.8) is 0 Å². The highest BCUT2D eigenvalue weighted by Gasteiger charge is 2.04. The van der Waals surface area contributed by atoms with Crippen molar-refractivity contribution in [2.45, 2.75) is 33.2 Å². The summed E-state index contributed by atoms with van der Waals surface area (Å²) in [6.07, 6.45) is 1.12. The molecule has 1 N–H and O–H groups in total. The zero-order valence-electron chi connectivity index (χ0n) is 10.3. The lowest BCUT2D eigenvalue weighted by atomic mass is 10.2. The molecule has 0 spiro atoms. The Labute approximate surface area is 105 Å². The molecule has 0 aromatic carbocycles. The summed E-state index contributed by atoms with van der Waals surface area (Å²) in [6.45, 7) is 8.61. The smallest absolute Gasteiger partial charge is 0.307 e. The summed E-state index contributed by atoms with van der Waals surface area (Å²) in [5.74, 6) is 0.00827. The fourth-order valence-electron chi connectivity index (χ4n) is 1.41. The molecule has 1 heterocycles. The molecule has 0 atom stereocenters. The molecule has 1 amide bonds. The number of carbonyl (C=O) groups excluding carboxylic acids is 1. The van der Waals surface area contributed by atoms with Crippen molar-refractivity contribution >= 4 is 17.2 Å². The molecule has 0 radical (unpaired) electrons. The van der Waals surface area contributed by atoms with Gasteiger partial charge in [-0.25, -0.2) is 0 Å². The van der Waals surface area contributed by atoms with Crippen LogP contribution in [0.1, 0.15) is 25.5 Å². The number of aromatic nitrogens is 1. The molecule has 1 aromatic rings. The van der Waals surface area contributed by atoms with Crippen LogP contribution in [0.15, 0.2) is 22.3 Å². The molecule has 1 rings (SSSR count). The van der Waals surface area contributed by atoms with Crippen LogP contribution in [-0.2, 0) is 11.3 Å². The first kappa shape index (κ1) is 13.7. The van der Waals surface area contributed by atoms with Gasteiger partial charge < -0.3 is 9.88 Å². The van der Waals surface area contributed by atoms with Crippen LogP contribution in [-0.4, -0.2) is 17.0 Å². The van der Waals surface area contributed by atoms with E-state index in [1.54, 1.807) is 4.57 Å². The molecule has 0 bridgehead atoms. The predicted molar refractivity (Wildman–Crippen MR) is 70.4 cm³/mol. The molecule has 0 aliphatic rings. The van der Waals surface area contributed by atoms with E-state index in [1.807, 2.05) is 19.2 Å². The zero-order chi connectivity index (χ0) is 12.8.